The summed E-state index contributed by atoms with van der Waals surface area (Å²) in [5.41, 5.74) is 7.31. The van der Waals surface area contributed by atoms with E-state index < -0.39 is 0 Å². The Morgan fingerprint density at radius 1 is 1.50 bits per heavy atom. The zero-order chi connectivity index (χ0) is 12.6. The first kappa shape index (κ1) is 12.9. The van der Waals surface area contributed by atoms with Gasteiger partial charge in [-0.25, -0.2) is 4.98 Å². The van der Waals surface area contributed by atoms with E-state index in [1.54, 1.807) is 23.1 Å². The zero-order valence-electron chi connectivity index (χ0n) is 10.4. The molecule has 4 nitrogen and oxygen atoms in total. The second-order valence-corrected chi connectivity index (χ2v) is 7.27. The monoisotopic (exact) mass is 286 g/mol. The maximum absolute atomic E-state index is 6.23. The molecule has 2 unspecified atom stereocenters. The summed E-state index contributed by atoms with van der Waals surface area (Å²) in [6.07, 6.45) is 2.75. The number of thiazole rings is 1. The van der Waals surface area contributed by atoms with E-state index in [1.165, 1.54) is 0 Å². The molecule has 1 saturated carbocycles. The molecule has 0 bridgehead atoms. The van der Waals surface area contributed by atoms with Crippen LogP contribution in [-0.2, 0) is 9.47 Å². The molecule has 18 heavy (non-hydrogen) atoms. The van der Waals surface area contributed by atoms with Gasteiger partial charge in [0.05, 0.1) is 13.2 Å². The Balaban J connectivity index is 1.69. The molecule has 0 amide bonds. The topological polar surface area (TPSA) is 57.4 Å². The molecule has 6 heteroatoms. The highest BCUT2D eigenvalue weighted by Crippen LogP contribution is 2.42. The number of nitrogens with zero attached hydrogens (tertiary/aromatic N) is 1. The van der Waals surface area contributed by atoms with Gasteiger partial charge in [0.25, 0.3) is 0 Å². The highest BCUT2D eigenvalue weighted by atomic mass is 32.2. The van der Waals surface area contributed by atoms with Crippen LogP contribution in [0.5, 0.6) is 0 Å². The zero-order valence-corrected chi connectivity index (χ0v) is 12.1. The van der Waals surface area contributed by atoms with Crippen molar-refractivity contribution in [1.82, 2.24) is 4.98 Å². The van der Waals surface area contributed by atoms with Gasteiger partial charge in [0.1, 0.15) is 4.34 Å². The van der Waals surface area contributed by atoms with Crippen LogP contribution in [0.2, 0.25) is 0 Å². The van der Waals surface area contributed by atoms with Crippen molar-refractivity contribution < 1.29 is 9.47 Å². The summed E-state index contributed by atoms with van der Waals surface area (Å²) in [5.74, 6) is -0.361. The van der Waals surface area contributed by atoms with Crippen molar-refractivity contribution in [2.45, 2.75) is 47.6 Å². The van der Waals surface area contributed by atoms with E-state index >= 15 is 0 Å². The van der Waals surface area contributed by atoms with Gasteiger partial charge in [0.2, 0.25) is 0 Å². The number of thioether (sulfide) groups is 1. The maximum atomic E-state index is 6.23. The predicted molar refractivity (Wildman–Crippen MR) is 73.0 cm³/mol. The quantitative estimate of drug-likeness (QED) is 0.903. The van der Waals surface area contributed by atoms with Gasteiger partial charge in [-0.2, -0.15) is 0 Å². The lowest BCUT2D eigenvalue weighted by molar-refractivity contribution is -0.176. The number of aryl methyl sites for hydroxylation is 1. The lowest BCUT2D eigenvalue weighted by Gasteiger charge is -2.38. The molecule has 1 aliphatic carbocycles. The highest BCUT2D eigenvalue weighted by molar-refractivity contribution is 8.01. The van der Waals surface area contributed by atoms with E-state index in [-0.39, 0.29) is 11.8 Å². The number of hydrogen-bond donors (Lipinski definition) is 1. The molecule has 1 aliphatic heterocycles. The summed E-state index contributed by atoms with van der Waals surface area (Å²) in [4.78, 5) is 4.50. The van der Waals surface area contributed by atoms with Gasteiger partial charge in [-0.3, -0.25) is 0 Å². The van der Waals surface area contributed by atoms with E-state index in [1.807, 2.05) is 6.92 Å². The minimum atomic E-state index is -0.361. The van der Waals surface area contributed by atoms with Crippen LogP contribution in [-0.4, -0.2) is 35.3 Å². The molecule has 2 N–H and O–H groups in total. The summed E-state index contributed by atoms with van der Waals surface area (Å²) in [6.45, 7) is 3.44. The third kappa shape index (κ3) is 2.58. The molecule has 1 saturated heterocycles. The van der Waals surface area contributed by atoms with Crippen molar-refractivity contribution in [1.29, 1.82) is 0 Å². The van der Waals surface area contributed by atoms with E-state index in [9.17, 15) is 0 Å². The Bertz CT molecular complexity index is 418. The van der Waals surface area contributed by atoms with Gasteiger partial charge in [-0.1, -0.05) is 11.8 Å². The first-order chi connectivity index (χ1) is 8.67. The normalized spacial score (nSPS) is 31.0. The van der Waals surface area contributed by atoms with E-state index in [0.29, 0.717) is 18.5 Å². The number of nitrogens with two attached hydrogens (primary N) is 1. The fraction of sp³-hybridized carbons (Fsp3) is 0.750. The SMILES string of the molecule is Cc1csc(SC2CC3(CCC2N)OCCO3)n1. The summed E-state index contributed by atoms with van der Waals surface area (Å²) < 4.78 is 12.7. The standard InChI is InChI=1S/C12H18N2O2S2/c1-8-7-17-11(14-8)18-10-6-12(3-2-9(10)13)15-4-5-16-12/h7,9-10H,2-6,13H2,1H3. The molecule has 2 atom stereocenters. The average molecular weight is 286 g/mol. The van der Waals surface area contributed by atoms with Crippen molar-refractivity contribution in [2.24, 2.45) is 5.73 Å². The third-order valence-electron chi connectivity index (χ3n) is 3.51. The Hall–Kier alpha value is -0.140. The molecule has 2 heterocycles. The van der Waals surface area contributed by atoms with Crippen molar-refractivity contribution >= 4 is 23.1 Å². The smallest absolute Gasteiger partial charge is 0.169 e. The summed E-state index contributed by atoms with van der Waals surface area (Å²) in [5, 5.41) is 2.41. The molecule has 2 aliphatic rings. The van der Waals surface area contributed by atoms with Crippen molar-refractivity contribution in [3.8, 4) is 0 Å². The molecular weight excluding hydrogens is 268 g/mol. The molecule has 0 radical (unpaired) electrons. The van der Waals surface area contributed by atoms with Gasteiger partial charge in [0.15, 0.2) is 5.79 Å². The van der Waals surface area contributed by atoms with E-state index in [0.717, 1.165) is 29.3 Å². The Morgan fingerprint density at radius 3 is 2.94 bits per heavy atom. The van der Waals surface area contributed by atoms with Crippen LogP contribution in [0.4, 0.5) is 0 Å². The lowest BCUT2D eigenvalue weighted by Crippen LogP contribution is -2.47. The molecule has 1 aromatic heterocycles. The third-order valence-corrected chi connectivity index (χ3v) is 5.95. The van der Waals surface area contributed by atoms with Crippen molar-refractivity contribution in [3.05, 3.63) is 11.1 Å². The minimum Gasteiger partial charge on any atom is -0.347 e. The number of rotatable bonds is 2. The van der Waals surface area contributed by atoms with Crippen LogP contribution in [0.3, 0.4) is 0 Å². The second kappa shape index (κ2) is 5.09. The van der Waals surface area contributed by atoms with Crippen LogP contribution < -0.4 is 5.73 Å². The van der Waals surface area contributed by atoms with Gasteiger partial charge in [0, 0.05) is 35.2 Å². The fourth-order valence-corrected chi connectivity index (χ4v) is 4.90. The molecule has 1 spiro atoms. The summed E-state index contributed by atoms with van der Waals surface area (Å²) in [6, 6.07) is 0.206. The molecule has 2 fully saturated rings. The molecule has 1 aromatic rings. The second-order valence-electron chi connectivity index (χ2n) is 4.93. The van der Waals surface area contributed by atoms with E-state index in [2.05, 4.69) is 10.4 Å². The molecular formula is C12H18N2O2S2. The lowest BCUT2D eigenvalue weighted by atomic mass is 9.90. The minimum absolute atomic E-state index is 0.206. The number of aromatic nitrogens is 1. The van der Waals surface area contributed by atoms with Crippen LogP contribution in [0, 0.1) is 6.92 Å². The van der Waals surface area contributed by atoms with Crippen LogP contribution in [0.1, 0.15) is 25.0 Å². The Morgan fingerprint density at radius 2 is 2.28 bits per heavy atom. The van der Waals surface area contributed by atoms with E-state index in [4.69, 9.17) is 15.2 Å². The summed E-state index contributed by atoms with van der Waals surface area (Å²) >= 11 is 3.47. The maximum Gasteiger partial charge on any atom is 0.169 e. The van der Waals surface area contributed by atoms with Gasteiger partial charge < -0.3 is 15.2 Å². The number of hydrogen-bond acceptors (Lipinski definition) is 6. The predicted octanol–water partition coefficient (Wildman–Crippen LogP) is 2.17. The average Bonchev–Trinajstić information content (AvgIpc) is 2.95. The van der Waals surface area contributed by atoms with Crippen molar-refractivity contribution in [3.63, 3.8) is 0 Å². The highest BCUT2D eigenvalue weighted by Gasteiger charge is 2.44. The first-order valence-corrected chi connectivity index (χ1v) is 8.05. The van der Waals surface area contributed by atoms with Crippen LogP contribution >= 0.6 is 23.1 Å². The van der Waals surface area contributed by atoms with Gasteiger partial charge in [-0.05, 0) is 13.3 Å². The summed E-state index contributed by atoms with van der Waals surface area (Å²) in [7, 11) is 0. The van der Waals surface area contributed by atoms with Gasteiger partial charge in [-0.15, -0.1) is 11.3 Å². The number of ether oxygens (including phenoxy) is 2. The van der Waals surface area contributed by atoms with Crippen molar-refractivity contribution in [2.75, 3.05) is 13.2 Å². The Kier molecular flexibility index (Phi) is 3.64. The largest absolute Gasteiger partial charge is 0.347 e. The molecule has 100 valence electrons. The molecule has 0 aromatic carbocycles. The molecule has 3 rings (SSSR count). The van der Waals surface area contributed by atoms with Crippen LogP contribution in [0.15, 0.2) is 9.72 Å². The first-order valence-electron chi connectivity index (χ1n) is 6.29. The van der Waals surface area contributed by atoms with Crippen LogP contribution in [0.25, 0.3) is 0 Å². The fourth-order valence-electron chi connectivity index (χ4n) is 2.54. The van der Waals surface area contributed by atoms with Gasteiger partial charge >= 0.3 is 0 Å². The Labute approximate surface area is 115 Å².